The SMILES string of the molecule is COc1ccc(-c2nc3c([nH]2)CN([C@H](C)CSC)CC3)cc1. The molecule has 0 fully saturated rings. The van der Waals surface area contributed by atoms with Gasteiger partial charge in [0.2, 0.25) is 0 Å². The Morgan fingerprint density at radius 1 is 1.36 bits per heavy atom. The van der Waals surface area contributed by atoms with E-state index in [-0.39, 0.29) is 0 Å². The Morgan fingerprint density at radius 2 is 2.14 bits per heavy atom. The van der Waals surface area contributed by atoms with Gasteiger partial charge in [0.25, 0.3) is 0 Å². The van der Waals surface area contributed by atoms with Crippen LogP contribution in [0.15, 0.2) is 24.3 Å². The summed E-state index contributed by atoms with van der Waals surface area (Å²) >= 11 is 1.91. The van der Waals surface area contributed by atoms with E-state index < -0.39 is 0 Å². The second-order valence-electron chi connectivity index (χ2n) is 5.76. The number of nitrogens with zero attached hydrogens (tertiary/aromatic N) is 2. The maximum atomic E-state index is 5.21. The number of hydrogen-bond donors (Lipinski definition) is 1. The molecule has 0 aliphatic carbocycles. The third-order valence-corrected chi connectivity index (χ3v) is 5.07. The van der Waals surface area contributed by atoms with Crippen LogP contribution < -0.4 is 4.74 Å². The molecule has 2 aromatic rings. The van der Waals surface area contributed by atoms with E-state index in [1.807, 2.05) is 23.9 Å². The molecule has 5 heteroatoms. The van der Waals surface area contributed by atoms with Crippen LogP contribution in [-0.2, 0) is 13.0 Å². The van der Waals surface area contributed by atoms with Gasteiger partial charge in [-0.3, -0.25) is 4.90 Å². The molecule has 1 aromatic carbocycles. The lowest BCUT2D eigenvalue weighted by Gasteiger charge is -2.31. The van der Waals surface area contributed by atoms with Gasteiger partial charge in [-0.25, -0.2) is 4.98 Å². The summed E-state index contributed by atoms with van der Waals surface area (Å²) in [6.07, 6.45) is 3.20. The molecule has 0 bridgehead atoms. The second-order valence-corrected chi connectivity index (χ2v) is 6.67. The van der Waals surface area contributed by atoms with E-state index in [0.29, 0.717) is 6.04 Å². The Bertz CT molecular complexity index is 623. The van der Waals surface area contributed by atoms with Crippen LogP contribution in [0.5, 0.6) is 5.75 Å². The summed E-state index contributed by atoms with van der Waals surface area (Å²) in [6, 6.07) is 8.66. The fraction of sp³-hybridized carbons (Fsp3) is 0.471. The molecule has 1 atom stereocenters. The number of aromatic amines is 1. The summed E-state index contributed by atoms with van der Waals surface area (Å²) in [7, 11) is 1.69. The van der Waals surface area contributed by atoms with Crippen LogP contribution in [-0.4, -0.2) is 46.6 Å². The van der Waals surface area contributed by atoms with Crippen molar-refractivity contribution in [3.63, 3.8) is 0 Å². The van der Waals surface area contributed by atoms with E-state index in [1.54, 1.807) is 7.11 Å². The molecule has 118 valence electrons. The lowest BCUT2D eigenvalue weighted by molar-refractivity contribution is 0.203. The molecule has 4 nitrogen and oxygen atoms in total. The van der Waals surface area contributed by atoms with Crippen molar-refractivity contribution in [2.45, 2.75) is 25.9 Å². The van der Waals surface area contributed by atoms with E-state index >= 15 is 0 Å². The number of H-pyrrole nitrogens is 1. The number of benzene rings is 1. The van der Waals surface area contributed by atoms with Crippen molar-refractivity contribution in [3.05, 3.63) is 35.7 Å². The molecule has 0 amide bonds. The minimum Gasteiger partial charge on any atom is -0.497 e. The van der Waals surface area contributed by atoms with Gasteiger partial charge in [0, 0.05) is 36.9 Å². The molecule has 0 spiro atoms. The van der Waals surface area contributed by atoms with Gasteiger partial charge in [-0.2, -0.15) is 11.8 Å². The molecule has 0 unspecified atom stereocenters. The fourth-order valence-corrected chi connectivity index (χ4v) is 3.62. The fourth-order valence-electron chi connectivity index (χ4n) is 2.92. The maximum absolute atomic E-state index is 5.21. The van der Waals surface area contributed by atoms with Gasteiger partial charge in [0.05, 0.1) is 18.5 Å². The Hall–Kier alpha value is -1.46. The number of fused-ring (bicyclic) bond motifs is 1. The van der Waals surface area contributed by atoms with Gasteiger partial charge in [0.15, 0.2) is 0 Å². The molecule has 0 saturated heterocycles. The lowest BCUT2D eigenvalue weighted by Crippen LogP contribution is -2.38. The number of hydrogen-bond acceptors (Lipinski definition) is 4. The minimum absolute atomic E-state index is 0.607. The first kappa shape index (κ1) is 15.4. The molecule has 2 heterocycles. The molecule has 0 saturated carbocycles. The first-order valence-electron chi connectivity index (χ1n) is 7.66. The number of thioether (sulfide) groups is 1. The Morgan fingerprint density at radius 3 is 2.82 bits per heavy atom. The van der Waals surface area contributed by atoms with Gasteiger partial charge in [-0.1, -0.05) is 0 Å². The summed E-state index contributed by atoms with van der Waals surface area (Å²) in [5.41, 5.74) is 3.60. The van der Waals surface area contributed by atoms with Crippen LogP contribution in [0.1, 0.15) is 18.3 Å². The van der Waals surface area contributed by atoms with Crippen molar-refractivity contribution in [2.75, 3.05) is 25.7 Å². The van der Waals surface area contributed by atoms with Crippen molar-refractivity contribution in [1.29, 1.82) is 0 Å². The van der Waals surface area contributed by atoms with E-state index in [1.165, 1.54) is 17.1 Å². The number of methoxy groups -OCH3 is 1. The predicted octanol–water partition coefficient (Wildman–Crippen LogP) is 3.19. The standard InChI is InChI=1S/C17H23N3OS/c1-12(11-22-3)20-9-8-15-16(10-20)19-17(18-15)13-4-6-14(21-2)7-5-13/h4-7,12H,8-11H2,1-3H3,(H,18,19)/t12-/m1/s1. The largest absolute Gasteiger partial charge is 0.497 e. The van der Waals surface area contributed by atoms with E-state index in [4.69, 9.17) is 9.72 Å². The number of nitrogens with one attached hydrogen (secondary N) is 1. The molecular weight excluding hydrogens is 294 g/mol. The smallest absolute Gasteiger partial charge is 0.137 e. The molecule has 0 radical (unpaired) electrons. The van der Waals surface area contributed by atoms with E-state index in [9.17, 15) is 0 Å². The average Bonchev–Trinajstić information content (AvgIpc) is 2.98. The van der Waals surface area contributed by atoms with Gasteiger partial charge < -0.3 is 9.72 Å². The molecule has 3 rings (SSSR count). The topological polar surface area (TPSA) is 41.1 Å². The van der Waals surface area contributed by atoms with Crippen molar-refractivity contribution >= 4 is 11.8 Å². The first-order valence-corrected chi connectivity index (χ1v) is 9.06. The molecule has 1 N–H and O–H groups in total. The first-order chi connectivity index (χ1) is 10.7. The summed E-state index contributed by atoms with van der Waals surface area (Å²) in [5, 5.41) is 0. The van der Waals surface area contributed by atoms with E-state index in [0.717, 1.165) is 36.6 Å². The predicted molar refractivity (Wildman–Crippen MR) is 92.5 cm³/mol. The zero-order chi connectivity index (χ0) is 15.5. The minimum atomic E-state index is 0.607. The normalized spacial score (nSPS) is 16.3. The van der Waals surface area contributed by atoms with Crippen LogP contribution in [0, 0.1) is 0 Å². The van der Waals surface area contributed by atoms with Crippen LogP contribution in [0.25, 0.3) is 11.4 Å². The van der Waals surface area contributed by atoms with Crippen molar-refractivity contribution in [3.8, 4) is 17.1 Å². The number of aromatic nitrogens is 2. The van der Waals surface area contributed by atoms with Crippen LogP contribution in [0.3, 0.4) is 0 Å². The number of imidazole rings is 1. The molecular formula is C17H23N3OS. The lowest BCUT2D eigenvalue weighted by atomic mass is 10.1. The van der Waals surface area contributed by atoms with Gasteiger partial charge in [-0.05, 0) is 37.4 Å². The average molecular weight is 317 g/mol. The van der Waals surface area contributed by atoms with Crippen molar-refractivity contribution in [2.24, 2.45) is 0 Å². The second kappa shape index (κ2) is 6.75. The van der Waals surface area contributed by atoms with Gasteiger partial charge in [-0.15, -0.1) is 0 Å². The molecule has 1 aromatic heterocycles. The summed E-state index contributed by atoms with van der Waals surface area (Å²) < 4.78 is 5.21. The summed E-state index contributed by atoms with van der Waals surface area (Å²) in [6.45, 7) is 4.38. The molecule has 1 aliphatic heterocycles. The highest BCUT2D eigenvalue weighted by atomic mass is 32.2. The highest BCUT2D eigenvalue weighted by Crippen LogP contribution is 2.25. The monoisotopic (exact) mass is 317 g/mol. The highest BCUT2D eigenvalue weighted by molar-refractivity contribution is 7.98. The molecule has 22 heavy (non-hydrogen) atoms. The van der Waals surface area contributed by atoms with Crippen LogP contribution in [0.4, 0.5) is 0 Å². The third kappa shape index (κ3) is 3.15. The quantitative estimate of drug-likeness (QED) is 0.919. The zero-order valence-corrected chi connectivity index (χ0v) is 14.2. The van der Waals surface area contributed by atoms with Gasteiger partial charge >= 0.3 is 0 Å². The summed E-state index contributed by atoms with van der Waals surface area (Å²) in [5.74, 6) is 3.01. The Balaban J connectivity index is 1.78. The van der Waals surface area contributed by atoms with Crippen LogP contribution in [0.2, 0.25) is 0 Å². The third-order valence-electron chi connectivity index (χ3n) is 4.26. The summed E-state index contributed by atoms with van der Waals surface area (Å²) in [4.78, 5) is 10.8. The van der Waals surface area contributed by atoms with E-state index in [2.05, 4.69) is 35.2 Å². The van der Waals surface area contributed by atoms with Crippen molar-refractivity contribution in [1.82, 2.24) is 14.9 Å². The van der Waals surface area contributed by atoms with Crippen molar-refractivity contribution < 1.29 is 4.74 Å². The Labute approximate surface area is 136 Å². The number of rotatable bonds is 5. The maximum Gasteiger partial charge on any atom is 0.137 e. The number of ether oxygens (including phenoxy) is 1. The Kier molecular flexibility index (Phi) is 4.74. The van der Waals surface area contributed by atoms with Crippen LogP contribution >= 0.6 is 11.8 Å². The highest BCUT2D eigenvalue weighted by Gasteiger charge is 2.23. The molecule has 1 aliphatic rings. The van der Waals surface area contributed by atoms with Gasteiger partial charge in [0.1, 0.15) is 11.6 Å². The zero-order valence-electron chi connectivity index (χ0n) is 13.4.